The van der Waals surface area contributed by atoms with Crippen molar-refractivity contribution in [2.24, 2.45) is 0 Å². The first kappa shape index (κ1) is 18.0. The summed E-state index contributed by atoms with van der Waals surface area (Å²) in [5, 5.41) is 6.37. The summed E-state index contributed by atoms with van der Waals surface area (Å²) in [7, 11) is 0. The fourth-order valence-corrected chi connectivity index (χ4v) is 2.54. The summed E-state index contributed by atoms with van der Waals surface area (Å²) in [6.07, 6.45) is 0.927. The number of halogens is 1. The Labute approximate surface area is 147 Å². The maximum absolute atomic E-state index is 12.2. The van der Waals surface area contributed by atoms with Crippen LogP contribution in [0, 0.1) is 0 Å². The van der Waals surface area contributed by atoms with E-state index < -0.39 is 0 Å². The summed E-state index contributed by atoms with van der Waals surface area (Å²) in [5.41, 5.74) is 2.13. The highest BCUT2D eigenvalue weighted by Crippen LogP contribution is 2.20. The molecule has 0 saturated heterocycles. The molecule has 2 aromatic rings. The van der Waals surface area contributed by atoms with Crippen LogP contribution in [0.4, 0.5) is 0 Å². The molecule has 2 rings (SSSR count). The number of hydrogen-bond acceptors (Lipinski definition) is 2. The van der Waals surface area contributed by atoms with E-state index >= 15 is 0 Å². The zero-order valence-corrected chi connectivity index (χ0v) is 14.3. The minimum absolute atomic E-state index is 0.0911. The van der Waals surface area contributed by atoms with Gasteiger partial charge in [-0.3, -0.25) is 9.59 Å². The van der Waals surface area contributed by atoms with Crippen LogP contribution < -0.4 is 10.6 Å². The molecule has 2 aromatic carbocycles. The highest BCUT2D eigenvalue weighted by Gasteiger charge is 2.15. The van der Waals surface area contributed by atoms with Crippen molar-refractivity contribution in [2.45, 2.75) is 25.8 Å². The molecule has 2 amide bonds. The number of hydrogen-bond donors (Lipinski definition) is 2. The molecule has 0 spiro atoms. The number of nitrogens with one attached hydrogen (secondary N) is 2. The molecule has 2 N–H and O–H groups in total. The Kier molecular flexibility index (Phi) is 6.82. The molecule has 1 atom stereocenters. The zero-order chi connectivity index (χ0) is 17.4. The van der Waals surface area contributed by atoms with Gasteiger partial charge in [-0.05, 0) is 29.7 Å². The third kappa shape index (κ3) is 6.05. The molecule has 0 aromatic heterocycles. The molecule has 0 bridgehead atoms. The van der Waals surface area contributed by atoms with Gasteiger partial charge in [0.1, 0.15) is 0 Å². The Balaban J connectivity index is 2.04. The maximum Gasteiger partial charge on any atom is 0.222 e. The lowest BCUT2D eigenvalue weighted by Crippen LogP contribution is -2.33. The van der Waals surface area contributed by atoms with Crippen LogP contribution in [0.25, 0.3) is 0 Å². The third-order valence-corrected chi connectivity index (χ3v) is 3.87. The van der Waals surface area contributed by atoms with Gasteiger partial charge in [0.15, 0.2) is 0 Å². The molecule has 0 aliphatic rings. The first-order chi connectivity index (χ1) is 11.5. The van der Waals surface area contributed by atoms with Crippen LogP contribution in [0.1, 0.15) is 30.5 Å². The molecule has 0 aliphatic heterocycles. The molecule has 24 heavy (non-hydrogen) atoms. The van der Waals surface area contributed by atoms with Gasteiger partial charge in [-0.25, -0.2) is 0 Å². The number of benzene rings is 2. The summed E-state index contributed by atoms with van der Waals surface area (Å²) >= 11 is 5.93. The van der Waals surface area contributed by atoms with Crippen molar-refractivity contribution in [1.29, 1.82) is 0 Å². The SMILES string of the molecule is CC(=O)NCCC(=O)NC(Cc1ccc(Cl)cc1)c1ccccc1. The monoisotopic (exact) mass is 344 g/mol. The Morgan fingerprint density at radius 2 is 1.71 bits per heavy atom. The lowest BCUT2D eigenvalue weighted by Gasteiger charge is -2.20. The normalized spacial score (nSPS) is 11.6. The first-order valence-electron chi connectivity index (χ1n) is 7.88. The molecule has 0 heterocycles. The number of carbonyl (C=O) groups excluding carboxylic acids is 2. The van der Waals surface area contributed by atoms with Gasteiger partial charge >= 0.3 is 0 Å². The first-order valence-corrected chi connectivity index (χ1v) is 8.25. The van der Waals surface area contributed by atoms with E-state index in [1.54, 1.807) is 0 Å². The van der Waals surface area contributed by atoms with Gasteiger partial charge in [-0.2, -0.15) is 0 Å². The summed E-state index contributed by atoms with van der Waals surface area (Å²) in [4.78, 5) is 23.1. The summed E-state index contributed by atoms with van der Waals surface area (Å²) < 4.78 is 0. The van der Waals surface area contributed by atoms with E-state index in [0.29, 0.717) is 18.0 Å². The predicted octanol–water partition coefficient (Wildman–Crippen LogP) is 3.27. The van der Waals surface area contributed by atoms with E-state index in [9.17, 15) is 9.59 Å². The van der Waals surface area contributed by atoms with Gasteiger partial charge in [-0.15, -0.1) is 0 Å². The Morgan fingerprint density at radius 1 is 1.04 bits per heavy atom. The highest BCUT2D eigenvalue weighted by atomic mass is 35.5. The smallest absolute Gasteiger partial charge is 0.222 e. The summed E-state index contributed by atoms with van der Waals surface area (Å²) in [6, 6.07) is 17.3. The van der Waals surface area contributed by atoms with E-state index in [1.165, 1.54) is 6.92 Å². The van der Waals surface area contributed by atoms with Crippen LogP contribution >= 0.6 is 11.6 Å². The molecule has 0 aliphatic carbocycles. The molecular formula is C19H21ClN2O2. The second-order valence-electron chi connectivity index (χ2n) is 5.59. The van der Waals surface area contributed by atoms with Crippen molar-refractivity contribution in [3.63, 3.8) is 0 Å². The zero-order valence-electron chi connectivity index (χ0n) is 13.6. The third-order valence-electron chi connectivity index (χ3n) is 3.62. The number of carbonyl (C=O) groups is 2. The standard InChI is InChI=1S/C19H21ClN2O2/c1-14(23)21-12-11-19(24)22-18(16-5-3-2-4-6-16)13-15-7-9-17(20)10-8-15/h2-10,18H,11-13H2,1H3,(H,21,23)(H,22,24). The fraction of sp³-hybridized carbons (Fsp3) is 0.263. The van der Waals surface area contributed by atoms with Gasteiger partial charge in [-0.1, -0.05) is 54.1 Å². The largest absolute Gasteiger partial charge is 0.356 e. The highest BCUT2D eigenvalue weighted by molar-refractivity contribution is 6.30. The van der Waals surface area contributed by atoms with Gasteiger partial charge in [0.25, 0.3) is 0 Å². The van der Waals surface area contributed by atoms with Crippen LogP contribution in [0.2, 0.25) is 5.02 Å². The van der Waals surface area contributed by atoms with E-state index in [-0.39, 0.29) is 24.3 Å². The Hall–Kier alpha value is -2.33. The number of amides is 2. The molecule has 4 nitrogen and oxygen atoms in total. The summed E-state index contributed by atoms with van der Waals surface area (Å²) in [5.74, 6) is -0.227. The second kappa shape index (κ2) is 9.08. The maximum atomic E-state index is 12.2. The Morgan fingerprint density at radius 3 is 2.33 bits per heavy atom. The van der Waals surface area contributed by atoms with E-state index in [0.717, 1.165) is 11.1 Å². The van der Waals surface area contributed by atoms with Gasteiger partial charge < -0.3 is 10.6 Å². The lowest BCUT2D eigenvalue weighted by molar-refractivity contribution is -0.122. The van der Waals surface area contributed by atoms with Crippen molar-refractivity contribution in [1.82, 2.24) is 10.6 Å². The lowest BCUT2D eigenvalue weighted by atomic mass is 9.98. The molecule has 0 fully saturated rings. The fourth-order valence-electron chi connectivity index (χ4n) is 2.41. The van der Waals surface area contributed by atoms with Crippen LogP contribution in [0.5, 0.6) is 0 Å². The van der Waals surface area contributed by atoms with Gasteiger partial charge in [0, 0.05) is 24.9 Å². The van der Waals surface area contributed by atoms with Crippen LogP contribution in [-0.4, -0.2) is 18.4 Å². The van der Waals surface area contributed by atoms with E-state index in [1.807, 2.05) is 54.6 Å². The van der Waals surface area contributed by atoms with Crippen molar-refractivity contribution in [3.8, 4) is 0 Å². The van der Waals surface area contributed by atoms with E-state index in [2.05, 4.69) is 10.6 Å². The molecular weight excluding hydrogens is 324 g/mol. The van der Waals surface area contributed by atoms with E-state index in [4.69, 9.17) is 11.6 Å². The molecule has 1 unspecified atom stereocenters. The van der Waals surface area contributed by atoms with Crippen LogP contribution in [0.15, 0.2) is 54.6 Å². The minimum atomic E-state index is -0.136. The van der Waals surface area contributed by atoms with Gasteiger partial charge in [0.05, 0.1) is 6.04 Å². The van der Waals surface area contributed by atoms with Crippen LogP contribution in [0.3, 0.4) is 0 Å². The van der Waals surface area contributed by atoms with Crippen molar-refractivity contribution in [3.05, 3.63) is 70.7 Å². The van der Waals surface area contributed by atoms with Gasteiger partial charge in [0.2, 0.25) is 11.8 Å². The predicted molar refractivity (Wildman–Crippen MR) is 95.8 cm³/mol. The van der Waals surface area contributed by atoms with Crippen LogP contribution in [-0.2, 0) is 16.0 Å². The molecule has 5 heteroatoms. The topological polar surface area (TPSA) is 58.2 Å². The van der Waals surface area contributed by atoms with Crippen molar-refractivity contribution < 1.29 is 9.59 Å². The average Bonchev–Trinajstić information content (AvgIpc) is 2.57. The quantitative estimate of drug-likeness (QED) is 0.810. The average molecular weight is 345 g/mol. The summed E-state index contributed by atoms with van der Waals surface area (Å²) in [6.45, 7) is 1.77. The Bertz CT molecular complexity index is 672. The number of rotatable bonds is 7. The minimum Gasteiger partial charge on any atom is -0.356 e. The van der Waals surface area contributed by atoms with Crippen molar-refractivity contribution >= 4 is 23.4 Å². The second-order valence-corrected chi connectivity index (χ2v) is 6.03. The molecule has 0 radical (unpaired) electrons. The van der Waals surface area contributed by atoms with Crippen molar-refractivity contribution in [2.75, 3.05) is 6.54 Å². The molecule has 0 saturated carbocycles. The molecule has 126 valence electrons.